The lowest BCUT2D eigenvalue weighted by molar-refractivity contribution is -0.133. The highest BCUT2D eigenvalue weighted by Crippen LogP contribution is 2.18. The van der Waals surface area contributed by atoms with Crippen molar-refractivity contribution in [3.8, 4) is 5.75 Å². The Balaban J connectivity index is 1.54. The summed E-state index contributed by atoms with van der Waals surface area (Å²) in [4.78, 5) is 32.7. The van der Waals surface area contributed by atoms with Crippen LogP contribution < -0.4 is 4.74 Å². The second kappa shape index (κ2) is 9.16. The summed E-state index contributed by atoms with van der Waals surface area (Å²) in [5.74, 6) is 0.679. The van der Waals surface area contributed by atoms with Gasteiger partial charge in [0.1, 0.15) is 5.75 Å². The van der Waals surface area contributed by atoms with Crippen molar-refractivity contribution in [2.75, 3.05) is 32.8 Å². The number of ether oxygens (including phenoxy) is 1. The summed E-state index contributed by atoms with van der Waals surface area (Å²) in [7, 11) is 0. The molecule has 1 aliphatic rings. The zero-order valence-electron chi connectivity index (χ0n) is 15.6. The molecule has 0 atom stereocenters. The van der Waals surface area contributed by atoms with Gasteiger partial charge in [-0.2, -0.15) is 0 Å². The molecule has 6 heteroatoms. The quantitative estimate of drug-likeness (QED) is 0.814. The van der Waals surface area contributed by atoms with Crippen LogP contribution >= 0.6 is 0 Å². The van der Waals surface area contributed by atoms with Gasteiger partial charge in [0, 0.05) is 38.6 Å². The van der Waals surface area contributed by atoms with E-state index < -0.39 is 0 Å². The number of rotatable bonds is 5. The lowest BCUT2D eigenvalue weighted by Crippen LogP contribution is -2.39. The summed E-state index contributed by atoms with van der Waals surface area (Å²) >= 11 is 0. The van der Waals surface area contributed by atoms with Gasteiger partial charge in [-0.1, -0.05) is 25.1 Å². The van der Waals surface area contributed by atoms with Crippen LogP contribution in [0.3, 0.4) is 0 Å². The molecule has 0 aliphatic carbocycles. The highest BCUT2D eigenvalue weighted by atomic mass is 16.5. The number of nitrogens with zero attached hydrogens (tertiary/aromatic N) is 3. The maximum Gasteiger partial charge on any atom is 0.260 e. The number of carbonyl (C=O) groups excluding carboxylic acids is 2. The maximum atomic E-state index is 12.6. The van der Waals surface area contributed by atoms with Crippen molar-refractivity contribution in [2.24, 2.45) is 0 Å². The molecule has 2 amide bonds. The summed E-state index contributed by atoms with van der Waals surface area (Å²) in [6, 6.07) is 11.3. The Morgan fingerprint density at radius 3 is 2.59 bits per heavy atom. The van der Waals surface area contributed by atoms with E-state index in [4.69, 9.17) is 4.74 Å². The molecule has 2 heterocycles. The Labute approximate surface area is 159 Å². The molecule has 142 valence electrons. The number of hydrogen-bond donors (Lipinski definition) is 0. The summed E-state index contributed by atoms with van der Waals surface area (Å²) in [5.41, 5.74) is 1.67. The molecule has 1 aromatic carbocycles. The summed E-state index contributed by atoms with van der Waals surface area (Å²) in [6.45, 7) is 4.39. The average Bonchev–Trinajstić information content (AvgIpc) is 2.98. The molecule has 6 nitrogen and oxygen atoms in total. The molecular weight excluding hydrogens is 342 g/mol. The SMILES string of the molecule is CCc1ccccc1OCC(=O)N1CCCN(C(=O)c2cccnc2)CC1. The first kappa shape index (κ1) is 18.9. The number of aryl methyl sites for hydroxylation is 1. The van der Waals surface area contributed by atoms with E-state index in [9.17, 15) is 9.59 Å². The predicted octanol–water partition coefficient (Wildman–Crippen LogP) is 2.40. The fourth-order valence-corrected chi connectivity index (χ4v) is 3.21. The number of carbonyl (C=O) groups is 2. The molecule has 0 unspecified atom stereocenters. The van der Waals surface area contributed by atoms with Crippen molar-refractivity contribution in [3.05, 3.63) is 59.9 Å². The van der Waals surface area contributed by atoms with Gasteiger partial charge in [-0.15, -0.1) is 0 Å². The van der Waals surface area contributed by atoms with Crippen molar-refractivity contribution >= 4 is 11.8 Å². The van der Waals surface area contributed by atoms with Gasteiger partial charge in [0.05, 0.1) is 5.56 Å². The standard InChI is InChI=1S/C21H25N3O3/c1-2-17-7-3-4-9-19(17)27-16-20(25)23-11-6-12-24(14-13-23)21(26)18-8-5-10-22-15-18/h3-5,7-10,15H,2,6,11-14,16H2,1H3. The minimum Gasteiger partial charge on any atom is -0.483 e. The van der Waals surface area contributed by atoms with E-state index in [0.29, 0.717) is 31.7 Å². The van der Waals surface area contributed by atoms with E-state index in [0.717, 1.165) is 24.2 Å². The van der Waals surface area contributed by atoms with Gasteiger partial charge in [-0.3, -0.25) is 14.6 Å². The molecule has 0 saturated carbocycles. The number of benzene rings is 1. The second-order valence-electron chi connectivity index (χ2n) is 6.52. The minimum absolute atomic E-state index is 0.0214. The molecule has 1 aromatic heterocycles. The fourth-order valence-electron chi connectivity index (χ4n) is 3.21. The molecule has 27 heavy (non-hydrogen) atoms. The molecular formula is C21H25N3O3. The van der Waals surface area contributed by atoms with Crippen LogP contribution in [0.5, 0.6) is 5.75 Å². The Kier molecular flexibility index (Phi) is 6.41. The topological polar surface area (TPSA) is 62.7 Å². The molecule has 1 aliphatic heterocycles. The van der Waals surface area contributed by atoms with E-state index in [1.807, 2.05) is 24.3 Å². The molecule has 0 radical (unpaired) electrons. The second-order valence-corrected chi connectivity index (χ2v) is 6.52. The monoisotopic (exact) mass is 367 g/mol. The highest BCUT2D eigenvalue weighted by Gasteiger charge is 2.23. The van der Waals surface area contributed by atoms with E-state index >= 15 is 0 Å². The van der Waals surface area contributed by atoms with Crippen LogP contribution in [0.2, 0.25) is 0 Å². The number of aromatic nitrogens is 1. The van der Waals surface area contributed by atoms with Crippen LogP contribution in [0.1, 0.15) is 29.3 Å². The van der Waals surface area contributed by atoms with E-state index in [1.165, 1.54) is 0 Å². The Hall–Kier alpha value is -2.89. The van der Waals surface area contributed by atoms with Gasteiger partial charge in [-0.25, -0.2) is 0 Å². The molecule has 1 fully saturated rings. The van der Waals surface area contributed by atoms with Crippen LogP contribution in [0.4, 0.5) is 0 Å². The molecule has 0 spiro atoms. The van der Waals surface area contributed by atoms with E-state index in [-0.39, 0.29) is 18.4 Å². The number of pyridine rings is 1. The van der Waals surface area contributed by atoms with Gasteiger partial charge in [-0.05, 0) is 36.6 Å². The van der Waals surface area contributed by atoms with Gasteiger partial charge in [0.15, 0.2) is 6.61 Å². The lowest BCUT2D eigenvalue weighted by atomic mass is 10.1. The van der Waals surface area contributed by atoms with Crippen molar-refractivity contribution < 1.29 is 14.3 Å². The highest BCUT2D eigenvalue weighted by molar-refractivity contribution is 5.94. The molecule has 0 N–H and O–H groups in total. The zero-order valence-corrected chi connectivity index (χ0v) is 15.6. The van der Waals surface area contributed by atoms with Crippen molar-refractivity contribution in [1.82, 2.24) is 14.8 Å². The van der Waals surface area contributed by atoms with Crippen LogP contribution in [0.25, 0.3) is 0 Å². The zero-order chi connectivity index (χ0) is 19.1. The van der Waals surface area contributed by atoms with E-state index in [2.05, 4.69) is 11.9 Å². The summed E-state index contributed by atoms with van der Waals surface area (Å²) in [5, 5.41) is 0. The first-order valence-corrected chi connectivity index (χ1v) is 9.37. The van der Waals surface area contributed by atoms with Gasteiger partial charge < -0.3 is 14.5 Å². The third-order valence-electron chi connectivity index (χ3n) is 4.75. The van der Waals surface area contributed by atoms with Crippen LogP contribution in [0.15, 0.2) is 48.8 Å². The molecule has 1 saturated heterocycles. The lowest BCUT2D eigenvalue weighted by Gasteiger charge is -2.22. The molecule has 3 rings (SSSR count). The number of hydrogen-bond acceptors (Lipinski definition) is 4. The average molecular weight is 367 g/mol. The first-order chi connectivity index (χ1) is 13.2. The summed E-state index contributed by atoms with van der Waals surface area (Å²) in [6.07, 6.45) is 4.84. The van der Waals surface area contributed by atoms with Crippen molar-refractivity contribution in [2.45, 2.75) is 19.8 Å². The van der Waals surface area contributed by atoms with E-state index in [1.54, 1.807) is 34.3 Å². The fraction of sp³-hybridized carbons (Fsp3) is 0.381. The van der Waals surface area contributed by atoms with Crippen LogP contribution in [-0.2, 0) is 11.2 Å². The van der Waals surface area contributed by atoms with Crippen LogP contribution in [0, 0.1) is 0 Å². The predicted molar refractivity (Wildman–Crippen MR) is 103 cm³/mol. The number of para-hydroxylation sites is 1. The Bertz CT molecular complexity index is 779. The normalized spacial score (nSPS) is 14.6. The Morgan fingerprint density at radius 2 is 1.81 bits per heavy atom. The van der Waals surface area contributed by atoms with Gasteiger partial charge >= 0.3 is 0 Å². The van der Waals surface area contributed by atoms with Gasteiger partial charge in [0.25, 0.3) is 11.8 Å². The van der Waals surface area contributed by atoms with Crippen molar-refractivity contribution in [3.63, 3.8) is 0 Å². The first-order valence-electron chi connectivity index (χ1n) is 9.37. The smallest absolute Gasteiger partial charge is 0.260 e. The molecule has 2 aromatic rings. The molecule has 0 bridgehead atoms. The largest absolute Gasteiger partial charge is 0.483 e. The van der Waals surface area contributed by atoms with Crippen LogP contribution in [-0.4, -0.2) is 59.4 Å². The maximum absolute atomic E-state index is 12.6. The van der Waals surface area contributed by atoms with Crippen molar-refractivity contribution in [1.29, 1.82) is 0 Å². The summed E-state index contributed by atoms with van der Waals surface area (Å²) < 4.78 is 5.75. The minimum atomic E-state index is -0.0448. The van der Waals surface area contributed by atoms with Gasteiger partial charge in [0.2, 0.25) is 0 Å². The Morgan fingerprint density at radius 1 is 1.04 bits per heavy atom. The third-order valence-corrected chi connectivity index (χ3v) is 4.75. The number of amides is 2. The third kappa shape index (κ3) is 4.84.